The predicted octanol–water partition coefficient (Wildman–Crippen LogP) is 3.37. The van der Waals surface area contributed by atoms with E-state index in [9.17, 15) is 0 Å². The first-order valence-electron chi connectivity index (χ1n) is 7.37. The van der Waals surface area contributed by atoms with Crippen LogP contribution in [0.5, 0.6) is 0 Å². The maximum absolute atomic E-state index is 6.39. The van der Waals surface area contributed by atoms with Crippen molar-refractivity contribution in [1.82, 2.24) is 20.1 Å². The Morgan fingerprint density at radius 2 is 2.14 bits per heavy atom. The molecule has 21 heavy (non-hydrogen) atoms. The molecule has 2 rings (SSSR count). The van der Waals surface area contributed by atoms with Crippen molar-refractivity contribution in [2.24, 2.45) is 7.05 Å². The smallest absolute Gasteiger partial charge is 0.0847 e. The van der Waals surface area contributed by atoms with Crippen LogP contribution in [0.1, 0.15) is 42.0 Å². The Morgan fingerprint density at radius 1 is 1.38 bits per heavy atom. The molecule has 0 aliphatic rings. The molecule has 0 radical (unpaired) electrons. The molecule has 1 unspecified atom stereocenters. The monoisotopic (exact) mass is 306 g/mol. The van der Waals surface area contributed by atoms with Crippen molar-refractivity contribution in [3.05, 3.63) is 46.0 Å². The minimum atomic E-state index is 0.151. The molecule has 0 saturated heterocycles. The fourth-order valence-corrected chi connectivity index (χ4v) is 2.78. The molecule has 1 atom stereocenters. The lowest BCUT2D eigenvalue weighted by Crippen LogP contribution is -2.26. The molecule has 4 nitrogen and oxygen atoms in total. The van der Waals surface area contributed by atoms with Gasteiger partial charge in [0.1, 0.15) is 0 Å². The summed E-state index contributed by atoms with van der Waals surface area (Å²) in [6, 6.07) is 4.22. The molecule has 2 aromatic rings. The van der Waals surface area contributed by atoms with E-state index in [1.54, 1.807) is 0 Å². The number of aryl methyl sites for hydroxylation is 3. The summed E-state index contributed by atoms with van der Waals surface area (Å²) in [5.74, 6) is 0. The highest BCUT2D eigenvalue weighted by Crippen LogP contribution is 2.26. The zero-order valence-electron chi connectivity index (χ0n) is 13.2. The number of nitrogens with zero attached hydrogens (tertiary/aromatic N) is 3. The van der Waals surface area contributed by atoms with Gasteiger partial charge in [0.25, 0.3) is 0 Å². The molecule has 0 amide bonds. The lowest BCUT2D eigenvalue weighted by molar-refractivity contribution is 0.500. The Hall–Kier alpha value is -1.39. The zero-order valence-corrected chi connectivity index (χ0v) is 13.9. The van der Waals surface area contributed by atoms with E-state index in [2.05, 4.69) is 35.3 Å². The number of nitrogens with one attached hydrogen (secondary N) is 1. The third-order valence-corrected chi connectivity index (χ3v) is 4.17. The lowest BCUT2D eigenvalue weighted by atomic mass is 10.0. The van der Waals surface area contributed by atoms with Crippen LogP contribution in [0.4, 0.5) is 0 Å². The fourth-order valence-electron chi connectivity index (χ4n) is 2.54. The Balaban J connectivity index is 2.31. The molecule has 0 bridgehead atoms. The van der Waals surface area contributed by atoms with E-state index in [0.29, 0.717) is 0 Å². The van der Waals surface area contributed by atoms with Gasteiger partial charge >= 0.3 is 0 Å². The third-order valence-electron chi connectivity index (χ3n) is 3.68. The number of pyridine rings is 1. The largest absolute Gasteiger partial charge is 0.308 e. The van der Waals surface area contributed by atoms with E-state index in [-0.39, 0.29) is 6.04 Å². The van der Waals surface area contributed by atoms with Gasteiger partial charge in [0.15, 0.2) is 0 Å². The van der Waals surface area contributed by atoms with Crippen molar-refractivity contribution in [1.29, 1.82) is 0 Å². The summed E-state index contributed by atoms with van der Waals surface area (Å²) in [6.45, 7) is 7.15. The Morgan fingerprint density at radius 3 is 2.71 bits per heavy atom. The van der Waals surface area contributed by atoms with Crippen LogP contribution in [0.3, 0.4) is 0 Å². The molecule has 1 N–H and O–H groups in total. The number of hydrogen-bond donors (Lipinski definition) is 1. The quantitative estimate of drug-likeness (QED) is 0.890. The zero-order chi connectivity index (χ0) is 15.4. The van der Waals surface area contributed by atoms with Gasteiger partial charge in [-0.3, -0.25) is 9.67 Å². The van der Waals surface area contributed by atoms with E-state index in [4.69, 9.17) is 11.6 Å². The van der Waals surface area contributed by atoms with Gasteiger partial charge in [-0.15, -0.1) is 0 Å². The van der Waals surface area contributed by atoms with Crippen molar-refractivity contribution in [3.63, 3.8) is 0 Å². The summed E-state index contributed by atoms with van der Waals surface area (Å²) in [4.78, 5) is 4.56. The molecule has 114 valence electrons. The van der Waals surface area contributed by atoms with Crippen LogP contribution in [-0.2, 0) is 13.5 Å². The van der Waals surface area contributed by atoms with Crippen LogP contribution in [0.25, 0.3) is 0 Å². The second-order valence-electron chi connectivity index (χ2n) is 5.39. The first-order valence-corrected chi connectivity index (χ1v) is 7.75. The predicted molar refractivity (Wildman–Crippen MR) is 86.7 cm³/mol. The molecule has 2 aromatic heterocycles. The van der Waals surface area contributed by atoms with Gasteiger partial charge in [0, 0.05) is 19.7 Å². The topological polar surface area (TPSA) is 42.7 Å². The number of hydrogen-bond acceptors (Lipinski definition) is 3. The van der Waals surface area contributed by atoms with Gasteiger partial charge in [-0.25, -0.2) is 0 Å². The summed E-state index contributed by atoms with van der Waals surface area (Å²) < 4.78 is 1.87. The van der Waals surface area contributed by atoms with Crippen LogP contribution in [0, 0.1) is 13.8 Å². The van der Waals surface area contributed by atoms with Gasteiger partial charge in [0.2, 0.25) is 0 Å². The highest BCUT2D eigenvalue weighted by atomic mass is 35.5. The Kier molecular flexibility index (Phi) is 5.37. The average Bonchev–Trinajstić information content (AvgIpc) is 2.70. The van der Waals surface area contributed by atoms with Gasteiger partial charge in [-0.1, -0.05) is 24.6 Å². The van der Waals surface area contributed by atoms with Gasteiger partial charge < -0.3 is 5.32 Å². The van der Waals surface area contributed by atoms with Crippen molar-refractivity contribution in [2.75, 3.05) is 6.54 Å². The van der Waals surface area contributed by atoms with Gasteiger partial charge in [0.05, 0.1) is 28.1 Å². The highest BCUT2D eigenvalue weighted by Gasteiger charge is 2.20. The lowest BCUT2D eigenvalue weighted by Gasteiger charge is -2.20. The summed E-state index contributed by atoms with van der Waals surface area (Å²) in [5, 5.41) is 8.73. The average molecular weight is 307 g/mol. The molecule has 0 saturated carbocycles. The van der Waals surface area contributed by atoms with Crippen molar-refractivity contribution in [3.8, 4) is 0 Å². The van der Waals surface area contributed by atoms with E-state index in [1.807, 2.05) is 30.9 Å². The first-order chi connectivity index (χ1) is 10.0. The van der Waals surface area contributed by atoms with Crippen molar-refractivity contribution in [2.45, 2.75) is 39.7 Å². The molecule has 0 spiro atoms. The molecular weight excluding hydrogens is 284 g/mol. The molecule has 0 aromatic carbocycles. The molecule has 0 aliphatic carbocycles. The van der Waals surface area contributed by atoms with E-state index >= 15 is 0 Å². The molecular formula is C16H23ClN4. The summed E-state index contributed by atoms with van der Waals surface area (Å²) in [5.41, 5.74) is 4.20. The summed E-state index contributed by atoms with van der Waals surface area (Å²) in [7, 11) is 1.94. The second kappa shape index (κ2) is 7.05. The van der Waals surface area contributed by atoms with E-state index in [1.165, 1.54) is 5.56 Å². The summed E-state index contributed by atoms with van der Waals surface area (Å²) >= 11 is 6.39. The second-order valence-corrected chi connectivity index (χ2v) is 5.76. The van der Waals surface area contributed by atoms with Gasteiger partial charge in [-0.05, 0) is 38.4 Å². The third kappa shape index (κ3) is 3.63. The minimum Gasteiger partial charge on any atom is -0.308 e. The Labute approximate surface area is 131 Å². The standard InChI is InChI=1S/C16H23ClN4/c1-5-8-18-13(16-11(2)7-6-9-19-16)10-14-15(17)12(3)20-21(14)4/h6-7,9,13,18H,5,8,10H2,1-4H3. The number of aromatic nitrogens is 3. The molecule has 5 heteroatoms. The van der Waals surface area contributed by atoms with Crippen molar-refractivity contribution < 1.29 is 0 Å². The first kappa shape index (κ1) is 16.0. The van der Waals surface area contributed by atoms with Crippen LogP contribution < -0.4 is 5.32 Å². The molecule has 0 aliphatic heterocycles. The van der Waals surface area contributed by atoms with Crippen LogP contribution in [0.2, 0.25) is 5.02 Å². The Bertz CT molecular complexity index is 606. The summed E-state index contributed by atoms with van der Waals surface area (Å²) in [6.07, 6.45) is 3.72. The van der Waals surface area contributed by atoms with Crippen LogP contribution in [0.15, 0.2) is 18.3 Å². The number of rotatable bonds is 6. The van der Waals surface area contributed by atoms with Gasteiger partial charge in [-0.2, -0.15) is 5.10 Å². The van der Waals surface area contributed by atoms with Crippen LogP contribution in [-0.4, -0.2) is 21.3 Å². The maximum atomic E-state index is 6.39. The fraction of sp³-hybridized carbons (Fsp3) is 0.500. The van der Waals surface area contributed by atoms with E-state index in [0.717, 1.165) is 41.5 Å². The van der Waals surface area contributed by atoms with E-state index < -0.39 is 0 Å². The van der Waals surface area contributed by atoms with Crippen molar-refractivity contribution >= 4 is 11.6 Å². The highest BCUT2D eigenvalue weighted by molar-refractivity contribution is 6.31. The molecule has 2 heterocycles. The maximum Gasteiger partial charge on any atom is 0.0847 e. The minimum absolute atomic E-state index is 0.151. The molecule has 0 fully saturated rings. The SMILES string of the molecule is CCCNC(Cc1c(Cl)c(C)nn1C)c1ncccc1C. The van der Waals surface area contributed by atoms with Crippen LogP contribution >= 0.6 is 11.6 Å². The normalized spacial score (nSPS) is 12.6. The number of halogens is 1.